The molecule has 0 aromatic heterocycles. The van der Waals surface area contributed by atoms with Gasteiger partial charge in [-0.15, -0.1) is 0 Å². The zero-order valence-corrected chi connectivity index (χ0v) is 9.11. The molecule has 88 valence electrons. The van der Waals surface area contributed by atoms with E-state index >= 15 is 0 Å². The van der Waals surface area contributed by atoms with E-state index in [1.54, 1.807) is 6.92 Å². The van der Waals surface area contributed by atoms with Crippen molar-refractivity contribution in [2.75, 3.05) is 11.9 Å². The van der Waals surface area contributed by atoms with Crippen LogP contribution in [0.5, 0.6) is 0 Å². The molecule has 0 spiro atoms. The summed E-state index contributed by atoms with van der Waals surface area (Å²) >= 11 is 5.80. The summed E-state index contributed by atoms with van der Waals surface area (Å²) in [6.45, 7) is 1.23. The van der Waals surface area contributed by atoms with E-state index in [1.165, 1.54) is 12.1 Å². The molecule has 1 aromatic rings. The van der Waals surface area contributed by atoms with Gasteiger partial charge >= 0.3 is 35.5 Å². The summed E-state index contributed by atoms with van der Waals surface area (Å²) in [7, 11) is 0. The number of nitrogens with zero attached hydrogens (tertiary/aromatic N) is 1. The first-order valence-corrected chi connectivity index (χ1v) is 4.70. The number of nitro benzene ring substituents is 1. The number of nitro groups is 1. The SMILES string of the molecule is Cc1cc([N+](=O)[O-])c(NCC(=O)O)cc1Cl.[NaH]. The van der Waals surface area contributed by atoms with Gasteiger partial charge in [0, 0.05) is 11.1 Å². The van der Waals surface area contributed by atoms with Crippen molar-refractivity contribution in [3.8, 4) is 0 Å². The molecule has 0 saturated carbocycles. The number of rotatable bonds is 4. The van der Waals surface area contributed by atoms with Gasteiger partial charge in [-0.05, 0) is 18.6 Å². The number of hydrogen-bond acceptors (Lipinski definition) is 4. The molecule has 0 aliphatic carbocycles. The van der Waals surface area contributed by atoms with Crippen LogP contribution in [-0.4, -0.2) is 52.1 Å². The van der Waals surface area contributed by atoms with E-state index in [0.29, 0.717) is 10.6 Å². The Hall–Kier alpha value is -0.820. The summed E-state index contributed by atoms with van der Waals surface area (Å²) in [5.74, 6) is -1.11. The van der Waals surface area contributed by atoms with Gasteiger partial charge in [0.05, 0.1) is 4.92 Å². The summed E-state index contributed by atoms with van der Waals surface area (Å²) in [5, 5.41) is 22.0. The molecule has 8 heteroatoms. The second-order valence-corrected chi connectivity index (χ2v) is 3.53. The maximum atomic E-state index is 10.7. The zero-order valence-electron chi connectivity index (χ0n) is 8.36. The van der Waals surface area contributed by atoms with Crippen molar-refractivity contribution in [2.24, 2.45) is 0 Å². The van der Waals surface area contributed by atoms with E-state index in [2.05, 4.69) is 5.32 Å². The summed E-state index contributed by atoms with van der Waals surface area (Å²) in [6, 6.07) is 2.64. The molecule has 0 bridgehead atoms. The first kappa shape index (κ1) is 16.2. The van der Waals surface area contributed by atoms with Crippen LogP contribution in [0.4, 0.5) is 11.4 Å². The minimum absolute atomic E-state index is 0. The van der Waals surface area contributed by atoms with Gasteiger partial charge in [-0.2, -0.15) is 0 Å². The molecule has 2 N–H and O–H groups in total. The van der Waals surface area contributed by atoms with Gasteiger partial charge in [0.1, 0.15) is 12.2 Å². The molecule has 1 aromatic carbocycles. The average molecular weight is 269 g/mol. The molecule has 17 heavy (non-hydrogen) atoms. The van der Waals surface area contributed by atoms with E-state index in [9.17, 15) is 14.9 Å². The van der Waals surface area contributed by atoms with E-state index in [-0.39, 0.29) is 40.9 Å². The van der Waals surface area contributed by atoms with Gasteiger partial charge in [-0.25, -0.2) is 0 Å². The molecule has 0 radical (unpaired) electrons. The van der Waals surface area contributed by atoms with Crippen molar-refractivity contribution in [3.63, 3.8) is 0 Å². The Morgan fingerprint density at radius 1 is 1.59 bits per heavy atom. The second kappa shape index (κ2) is 6.80. The predicted molar refractivity (Wildman–Crippen MR) is 66.1 cm³/mol. The Labute approximate surface area is 124 Å². The van der Waals surface area contributed by atoms with Crippen LogP contribution in [0.3, 0.4) is 0 Å². The van der Waals surface area contributed by atoms with Gasteiger partial charge in [0.25, 0.3) is 5.69 Å². The molecule has 0 aliphatic rings. The average Bonchev–Trinajstić information content (AvgIpc) is 2.18. The van der Waals surface area contributed by atoms with E-state index in [0.717, 1.165) is 0 Å². The van der Waals surface area contributed by atoms with Crippen LogP contribution in [-0.2, 0) is 4.79 Å². The van der Waals surface area contributed by atoms with Crippen molar-refractivity contribution in [1.29, 1.82) is 0 Å². The fraction of sp³-hybridized carbons (Fsp3) is 0.222. The Kier molecular flexibility index (Phi) is 6.48. The van der Waals surface area contributed by atoms with Crippen molar-refractivity contribution >= 4 is 58.5 Å². The van der Waals surface area contributed by atoms with Crippen LogP contribution < -0.4 is 5.32 Å². The first-order chi connectivity index (χ1) is 7.41. The molecule has 0 fully saturated rings. The number of benzene rings is 1. The first-order valence-electron chi connectivity index (χ1n) is 4.32. The van der Waals surface area contributed by atoms with Crippen LogP contribution in [0.25, 0.3) is 0 Å². The number of carbonyl (C=O) groups is 1. The molecular weight excluding hydrogens is 259 g/mol. The zero-order chi connectivity index (χ0) is 12.3. The fourth-order valence-corrected chi connectivity index (χ4v) is 1.29. The van der Waals surface area contributed by atoms with Gasteiger partial charge in [-0.1, -0.05) is 11.6 Å². The van der Waals surface area contributed by atoms with E-state index < -0.39 is 17.4 Å². The van der Waals surface area contributed by atoms with E-state index in [4.69, 9.17) is 16.7 Å². The summed E-state index contributed by atoms with van der Waals surface area (Å²) in [4.78, 5) is 20.5. The molecule has 6 nitrogen and oxygen atoms in total. The standard InChI is InChI=1S/C9H9ClN2O4.Na.H/c1-5-2-8(12(15)16)7(3-6(5)10)11-4-9(13)14;;/h2-3,11H,4H2,1H3,(H,13,14);;. The Bertz CT molecular complexity index is 453. The fourth-order valence-electron chi connectivity index (χ4n) is 1.13. The number of aliphatic carboxylic acids is 1. The normalized spacial score (nSPS) is 9.29. The summed E-state index contributed by atoms with van der Waals surface area (Å²) < 4.78 is 0. The van der Waals surface area contributed by atoms with Crippen LogP contribution in [0, 0.1) is 17.0 Å². The van der Waals surface area contributed by atoms with Gasteiger partial charge in [-0.3, -0.25) is 14.9 Å². The third-order valence-electron chi connectivity index (χ3n) is 1.90. The molecule has 1 rings (SSSR count). The molecule has 0 saturated heterocycles. The van der Waals surface area contributed by atoms with Gasteiger partial charge < -0.3 is 10.4 Å². The van der Waals surface area contributed by atoms with Crippen molar-refractivity contribution in [2.45, 2.75) is 6.92 Å². The van der Waals surface area contributed by atoms with Crippen LogP contribution in [0.15, 0.2) is 12.1 Å². The Morgan fingerprint density at radius 3 is 2.65 bits per heavy atom. The quantitative estimate of drug-likeness (QED) is 0.489. The third kappa shape index (κ3) is 4.51. The van der Waals surface area contributed by atoms with Gasteiger partial charge in [0.2, 0.25) is 0 Å². The number of aryl methyl sites for hydroxylation is 1. The second-order valence-electron chi connectivity index (χ2n) is 3.12. The van der Waals surface area contributed by atoms with Crippen LogP contribution in [0.2, 0.25) is 5.02 Å². The van der Waals surface area contributed by atoms with Crippen molar-refractivity contribution in [1.82, 2.24) is 0 Å². The Balaban J connectivity index is 0.00000256. The molecular formula is C9H10ClN2NaO4. The van der Waals surface area contributed by atoms with Crippen LogP contribution >= 0.6 is 11.6 Å². The monoisotopic (exact) mass is 268 g/mol. The van der Waals surface area contributed by atoms with Gasteiger partial charge in [0.15, 0.2) is 0 Å². The van der Waals surface area contributed by atoms with Crippen molar-refractivity contribution in [3.05, 3.63) is 32.8 Å². The topological polar surface area (TPSA) is 92.5 Å². The number of halogens is 1. The number of hydrogen-bond donors (Lipinski definition) is 2. The molecule has 0 amide bonds. The summed E-state index contributed by atoms with van der Waals surface area (Å²) in [6.07, 6.45) is 0. The van der Waals surface area contributed by atoms with Crippen LogP contribution in [0.1, 0.15) is 5.56 Å². The molecule has 0 unspecified atom stereocenters. The predicted octanol–water partition coefficient (Wildman–Crippen LogP) is 1.40. The maximum absolute atomic E-state index is 10.7. The summed E-state index contributed by atoms with van der Waals surface area (Å²) in [5.41, 5.74) is 0.473. The third-order valence-corrected chi connectivity index (χ3v) is 2.31. The Morgan fingerprint density at radius 2 is 2.18 bits per heavy atom. The minimum atomic E-state index is -1.11. The number of carboxylic acids is 1. The molecule has 0 atom stereocenters. The number of nitrogens with one attached hydrogen (secondary N) is 1. The van der Waals surface area contributed by atoms with Crippen molar-refractivity contribution < 1.29 is 14.8 Å². The molecule has 0 aliphatic heterocycles. The number of anilines is 1. The van der Waals surface area contributed by atoms with E-state index in [1.807, 2.05) is 0 Å². The molecule has 0 heterocycles. The number of carboxylic acid groups (broad SMARTS) is 1.